The van der Waals surface area contributed by atoms with E-state index in [4.69, 9.17) is 0 Å². The fourth-order valence-electron chi connectivity index (χ4n) is 2.72. The van der Waals surface area contributed by atoms with Crippen LogP contribution in [0.4, 0.5) is 0 Å². The molecular formula is C15H25ClN2OS. The number of hydrogen-bond donors (Lipinski definition) is 1. The van der Waals surface area contributed by atoms with E-state index in [-0.39, 0.29) is 18.3 Å². The molecule has 0 radical (unpaired) electrons. The first-order chi connectivity index (χ1) is 9.22. The highest BCUT2D eigenvalue weighted by molar-refractivity contribution is 7.10. The lowest BCUT2D eigenvalue weighted by molar-refractivity contribution is -0.133. The van der Waals surface area contributed by atoms with Crippen LogP contribution in [-0.2, 0) is 4.79 Å². The fourth-order valence-corrected chi connectivity index (χ4v) is 3.50. The summed E-state index contributed by atoms with van der Waals surface area (Å²) < 4.78 is 0. The Hall–Kier alpha value is -0.580. The van der Waals surface area contributed by atoms with Gasteiger partial charge in [-0.15, -0.1) is 23.7 Å². The Morgan fingerprint density at radius 3 is 2.75 bits per heavy atom. The average molecular weight is 317 g/mol. The van der Waals surface area contributed by atoms with Gasteiger partial charge >= 0.3 is 0 Å². The number of likely N-dealkylation sites (tertiary alicyclic amines) is 1. The highest BCUT2D eigenvalue weighted by Gasteiger charge is 2.26. The van der Waals surface area contributed by atoms with Crippen molar-refractivity contribution in [3.63, 3.8) is 0 Å². The second-order valence-corrected chi connectivity index (χ2v) is 6.38. The summed E-state index contributed by atoms with van der Waals surface area (Å²) in [4.78, 5) is 15.7. The summed E-state index contributed by atoms with van der Waals surface area (Å²) in [6.45, 7) is 4.98. The Balaban J connectivity index is 0.00000200. The molecule has 1 saturated heterocycles. The van der Waals surface area contributed by atoms with Crippen molar-refractivity contribution in [2.45, 2.75) is 32.1 Å². The molecule has 1 aliphatic rings. The molecule has 1 fully saturated rings. The molecule has 1 aromatic rings. The minimum atomic E-state index is 0. The van der Waals surface area contributed by atoms with E-state index in [2.05, 4.69) is 16.3 Å². The van der Waals surface area contributed by atoms with Crippen molar-refractivity contribution < 1.29 is 4.79 Å². The topological polar surface area (TPSA) is 32.3 Å². The van der Waals surface area contributed by atoms with Crippen LogP contribution in [0.2, 0.25) is 0 Å². The number of carbonyl (C=O) groups excluding carboxylic acids is 1. The van der Waals surface area contributed by atoms with Crippen LogP contribution in [-0.4, -0.2) is 37.5 Å². The fraction of sp³-hybridized carbons (Fsp3) is 0.667. The number of amides is 1. The van der Waals surface area contributed by atoms with Crippen LogP contribution in [0, 0.1) is 5.92 Å². The Bertz CT molecular complexity index is 389. The number of rotatable bonds is 5. The summed E-state index contributed by atoms with van der Waals surface area (Å²) in [5, 5.41) is 5.25. The van der Waals surface area contributed by atoms with Crippen LogP contribution < -0.4 is 5.32 Å². The second-order valence-electron chi connectivity index (χ2n) is 5.40. The highest BCUT2D eigenvalue weighted by Crippen LogP contribution is 2.26. The van der Waals surface area contributed by atoms with Gasteiger partial charge in [0.2, 0.25) is 5.91 Å². The van der Waals surface area contributed by atoms with Gasteiger partial charge in [0, 0.05) is 18.0 Å². The van der Waals surface area contributed by atoms with Gasteiger partial charge in [0.15, 0.2) is 0 Å². The number of hydrogen-bond acceptors (Lipinski definition) is 3. The van der Waals surface area contributed by atoms with Crippen molar-refractivity contribution in [1.82, 2.24) is 10.2 Å². The molecule has 1 amide bonds. The number of carbonyl (C=O) groups is 1. The molecule has 0 spiro atoms. The van der Waals surface area contributed by atoms with Crippen LogP contribution in [0.3, 0.4) is 0 Å². The molecule has 1 atom stereocenters. The summed E-state index contributed by atoms with van der Waals surface area (Å²) in [5.41, 5.74) is 0. The zero-order valence-electron chi connectivity index (χ0n) is 12.3. The molecule has 1 unspecified atom stereocenters. The van der Waals surface area contributed by atoms with E-state index >= 15 is 0 Å². The van der Waals surface area contributed by atoms with Gasteiger partial charge in [-0.2, -0.15) is 0 Å². The molecule has 1 aromatic heterocycles. The standard InChI is InChI=1S/C15H24N2OS.ClH/c1-12(14-4-3-11-19-14)15(18)17-9-6-13(7-10-17)5-8-16-2;/h3-4,11-13,16H,5-10H2,1-2H3;1H. The van der Waals surface area contributed by atoms with E-state index in [1.54, 1.807) is 11.3 Å². The Morgan fingerprint density at radius 2 is 2.20 bits per heavy atom. The maximum Gasteiger partial charge on any atom is 0.230 e. The first-order valence-electron chi connectivity index (χ1n) is 7.19. The number of nitrogens with zero attached hydrogens (tertiary/aromatic N) is 1. The summed E-state index contributed by atoms with van der Waals surface area (Å²) in [6, 6.07) is 4.08. The second kappa shape index (κ2) is 8.65. The SMILES string of the molecule is CNCCC1CCN(C(=O)C(C)c2cccs2)CC1.Cl. The van der Waals surface area contributed by atoms with Crippen LogP contribution in [0.1, 0.15) is 37.0 Å². The smallest absolute Gasteiger partial charge is 0.230 e. The largest absolute Gasteiger partial charge is 0.342 e. The zero-order valence-corrected chi connectivity index (χ0v) is 13.9. The summed E-state index contributed by atoms with van der Waals surface area (Å²) >= 11 is 1.68. The van der Waals surface area contributed by atoms with Crippen molar-refractivity contribution in [1.29, 1.82) is 0 Å². The van der Waals surface area contributed by atoms with Crippen LogP contribution in [0.25, 0.3) is 0 Å². The molecular weight excluding hydrogens is 292 g/mol. The molecule has 3 nitrogen and oxygen atoms in total. The van der Waals surface area contributed by atoms with Gasteiger partial charge in [0.1, 0.15) is 0 Å². The van der Waals surface area contributed by atoms with E-state index in [1.807, 2.05) is 25.4 Å². The molecule has 2 heterocycles. The van der Waals surface area contributed by atoms with Crippen molar-refractivity contribution in [3.05, 3.63) is 22.4 Å². The molecule has 1 N–H and O–H groups in total. The van der Waals surface area contributed by atoms with Crippen molar-refractivity contribution >= 4 is 29.7 Å². The lowest BCUT2D eigenvalue weighted by Crippen LogP contribution is -2.40. The summed E-state index contributed by atoms with van der Waals surface area (Å²) in [6.07, 6.45) is 3.55. The van der Waals surface area contributed by atoms with Crippen molar-refractivity contribution in [2.24, 2.45) is 5.92 Å². The zero-order chi connectivity index (χ0) is 13.7. The molecule has 0 saturated carbocycles. The molecule has 20 heavy (non-hydrogen) atoms. The van der Waals surface area contributed by atoms with Crippen molar-refractivity contribution in [2.75, 3.05) is 26.7 Å². The van der Waals surface area contributed by atoms with Gasteiger partial charge in [0.05, 0.1) is 5.92 Å². The highest BCUT2D eigenvalue weighted by atomic mass is 35.5. The third kappa shape index (κ3) is 4.47. The number of halogens is 1. The molecule has 1 aliphatic heterocycles. The molecule has 0 aliphatic carbocycles. The van der Waals surface area contributed by atoms with E-state index in [9.17, 15) is 4.79 Å². The Kier molecular flexibility index (Phi) is 7.56. The maximum absolute atomic E-state index is 12.4. The van der Waals surface area contributed by atoms with Gasteiger partial charge in [-0.1, -0.05) is 6.07 Å². The van der Waals surface area contributed by atoms with E-state index in [0.717, 1.165) is 38.4 Å². The van der Waals surface area contributed by atoms with E-state index < -0.39 is 0 Å². The molecule has 2 rings (SSSR count). The third-order valence-corrected chi connectivity index (χ3v) is 5.12. The van der Waals surface area contributed by atoms with Crippen LogP contribution in [0.15, 0.2) is 17.5 Å². The van der Waals surface area contributed by atoms with E-state index in [1.165, 1.54) is 11.3 Å². The van der Waals surface area contributed by atoms with Crippen LogP contribution in [0.5, 0.6) is 0 Å². The molecule has 114 valence electrons. The van der Waals surface area contributed by atoms with Gasteiger partial charge in [0.25, 0.3) is 0 Å². The lowest BCUT2D eigenvalue weighted by Gasteiger charge is -2.33. The normalized spacial score (nSPS) is 17.6. The summed E-state index contributed by atoms with van der Waals surface area (Å²) in [7, 11) is 2.00. The molecule has 5 heteroatoms. The van der Waals surface area contributed by atoms with Gasteiger partial charge in [-0.25, -0.2) is 0 Å². The maximum atomic E-state index is 12.4. The van der Waals surface area contributed by atoms with Crippen LogP contribution >= 0.6 is 23.7 Å². The summed E-state index contributed by atoms with van der Waals surface area (Å²) in [5.74, 6) is 1.11. The Labute approximate surface area is 132 Å². The van der Waals surface area contributed by atoms with Gasteiger partial charge < -0.3 is 10.2 Å². The first-order valence-corrected chi connectivity index (χ1v) is 8.07. The number of thiophene rings is 1. The minimum Gasteiger partial charge on any atom is -0.342 e. The molecule has 0 aromatic carbocycles. The molecule has 0 bridgehead atoms. The number of piperidine rings is 1. The predicted octanol–water partition coefficient (Wildman–Crippen LogP) is 3.12. The van der Waals surface area contributed by atoms with Crippen molar-refractivity contribution in [3.8, 4) is 0 Å². The van der Waals surface area contributed by atoms with Gasteiger partial charge in [-0.05, 0) is 57.1 Å². The van der Waals surface area contributed by atoms with Gasteiger partial charge in [-0.3, -0.25) is 4.79 Å². The predicted molar refractivity (Wildman–Crippen MR) is 87.8 cm³/mol. The minimum absolute atomic E-state index is 0. The first kappa shape index (κ1) is 17.5. The lowest BCUT2D eigenvalue weighted by atomic mass is 9.93. The quantitative estimate of drug-likeness (QED) is 0.905. The third-order valence-electron chi connectivity index (χ3n) is 4.07. The Morgan fingerprint density at radius 1 is 1.50 bits per heavy atom. The monoisotopic (exact) mass is 316 g/mol. The number of nitrogens with one attached hydrogen (secondary N) is 1. The van der Waals surface area contributed by atoms with E-state index in [0.29, 0.717) is 5.91 Å². The average Bonchev–Trinajstić information content (AvgIpc) is 2.98.